The first-order valence-electron chi connectivity index (χ1n) is 10.7. The van der Waals surface area contributed by atoms with Gasteiger partial charge < -0.3 is 19.6 Å². The Morgan fingerprint density at radius 1 is 1.06 bits per heavy atom. The van der Waals surface area contributed by atoms with E-state index in [1.165, 1.54) is 6.42 Å². The van der Waals surface area contributed by atoms with E-state index in [0.717, 1.165) is 58.4 Å². The maximum Gasteiger partial charge on any atom is 0.316 e. The van der Waals surface area contributed by atoms with Crippen LogP contribution in [0.4, 0.5) is 0 Å². The number of hydrogen-bond acceptors (Lipinski definition) is 7. The summed E-state index contributed by atoms with van der Waals surface area (Å²) < 4.78 is 7.34. The molecule has 0 amide bonds. The lowest BCUT2D eigenvalue weighted by atomic mass is 10.1. The lowest BCUT2D eigenvalue weighted by molar-refractivity contribution is 0.378. The van der Waals surface area contributed by atoms with Crippen molar-refractivity contribution < 1.29 is 4.74 Å². The standard InChI is InChI=1S/C23H22N8O/c1-32-23-27-8-15(9-28-23)19-12-26-22-21(30-19)17(11-25-22)14-4-5-18-20(7-14)31(13-29-18)16-3-2-6-24-10-16/h4-5,7-9,11-13,16,24H,2-3,6,10H2,1H3,(H,25,26). The van der Waals surface area contributed by atoms with E-state index >= 15 is 0 Å². The summed E-state index contributed by atoms with van der Waals surface area (Å²) in [5.74, 6) is 0. The molecule has 1 fully saturated rings. The molecule has 1 aliphatic heterocycles. The zero-order chi connectivity index (χ0) is 21.5. The highest BCUT2D eigenvalue weighted by Gasteiger charge is 2.18. The maximum absolute atomic E-state index is 5.05. The van der Waals surface area contributed by atoms with E-state index in [4.69, 9.17) is 9.72 Å². The fourth-order valence-corrected chi connectivity index (χ4v) is 4.36. The number of benzene rings is 1. The van der Waals surface area contributed by atoms with Crippen LogP contribution < -0.4 is 10.1 Å². The van der Waals surface area contributed by atoms with Crippen molar-refractivity contribution in [2.75, 3.05) is 20.2 Å². The second kappa shape index (κ2) is 7.69. The number of imidazole rings is 1. The summed E-state index contributed by atoms with van der Waals surface area (Å²) in [4.78, 5) is 25.7. The van der Waals surface area contributed by atoms with E-state index in [9.17, 15) is 0 Å². The van der Waals surface area contributed by atoms with Crippen LogP contribution in [0.3, 0.4) is 0 Å². The molecule has 5 aromatic rings. The van der Waals surface area contributed by atoms with Gasteiger partial charge in [0.05, 0.1) is 36.4 Å². The summed E-state index contributed by atoms with van der Waals surface area (Å²) in [5, 5.41) is 3.49. The molecule has 1 aromatic carbocycles. The monoisotopic (exact) mass is 426 g/mol. The van der Waals surface area contributed by atoms with Crippen molar-refractivity contribution in [3.8, 4) is 28.4 Å². The van der Waals surface area contributed by atoms with Gasteiger partial charge in [0.1, 0.15) is 5.52 Å². The van der Waals surface area contributed by atoms with Gasteiger partial charge in [-0.2, -0.15) is 0 Å². The molecular formula is C23H22N8O. The SMILES string of the molecule is COc1ncc(-c2cnc3[nH]cc(-c4ccc5ncn(C6CCCNC6)c5c4)c3n2)cn1. The molecular weight excluding hydrogens is 404 g/mol. The number of hydrogen-bond donors (Lipinski definition) is 2. The van der Waals surface area contributed by atoms with Crippen LogP contribution in [0.5, 0.6) is 6.01 Å². The van der Waals surface area contributed by atoms with Crippen molar-refractivity contribution in [1.82, 2.24) is 39.8 Å². The molecule has 32 heavy (non-hydrogen) atoms. The minimum atomic E-state index is 0.322. The van der Waals surface area contributed by atoms with Crippen molar-refractivity contribution in [1.29, 1.82) is 0 Å². The van der Waals surface area contributed by atoms with Gasteiger partial charge in [0, 0.05) is 42.3 Å². The van der Waals surface area contributed by atoms with Crippen LogP contribution in [-0.2, 0) is 0 Å². The lowest BCUT2D eigenvalue weighted by Gasteiger charge is -2.24. The molecule has 1 unspecified atom stereocenters. The summed E-state index contributed by atoms with van der Waals surface area (Å²) >= 11 is 0. The van der Waals surface area contributed by atoms with Crippen LogP contribution in [0.15, 0.2) is 49.3 Å². The summed E-state index contributed by atoms with van der Waals surface area (Å²) in [6, 6.07) is 7.11. The number of aromatic amines is 1. The predicted octanol–water partition coefficient (Wildman–Crippen LogP) is 3.36. The molecule has 1 saturated heterocycles. The average Bonchev–Trinajstić information content (AvgIpc) is 3.48. The van der Waals surface area contributed by atoms with E-state index in [2.05, 4.69) is 53.0 Å². The van der Waals surface area contributed by atoms with E-state index in [1.807, 2.05) is 12.5 Å². The topological polar surface area (TPSA) is 106 Å². The van der Waals surface area contributed by atoms with Gasteiger partial charge in [0.25, 0.3) is 0 Å². The van der Waals surface area contributed by atoms with Gasteiger partial charge in [-0.1, -0.05) is 6.07 Å². The molecule has 160 valence electrons. The molecule has 1 atom stereocenters. The fraction of sp³-hybridized carbons (Fsp3) is 0.261. The molecule has 0 spiro atoms. The number of H-pyrrole nitrogens is 1. The molecule has 9 heteroatoms. The van der Waals surface area contributed by atoms with Crippen molar-refractivity contribution in [3.05, 3.63) is 49.3 Å². The van der Waals surface area contributed by atoms with Gasteiger partial charge in [-0.15, -0.1) is 0 Å². The number of fused-ring (bicyclic) bond motifs is 2. The normalized spacial score (nSPS) is 16.6. The Balaban J connectivity index is 1.43. The highest BCUT2D eigenvalue weighted by atomic mass is 16.5. The molecule has 9 nitrogen and oxygen atoms in total. The number of rotatable bonds is 4. The summed E-state index contributed by atoms with van der Waals surface area (Å²) in [5.41, 5.74) is 7.25. The largest absolute Gasteiger partial charge is 0.467 e. The van der Waals surface area contributed by atoms with Crippen molar-refractivity contribution in [2.45, 2.75) is 18.9 Å². The molecule has 2 N–H and O–H groups in total. The number of piperidine rings is 1. The zero-order valence-electron chi connectivity index (χ0n) is 17.6. The van der Waals surface area contributed by atoms with Gasteiger partial charge in [0.2, 0.25) is 0 Å². The fourth-order valence-electron chi connectivity index (χ4n) is 4.36. The second-order valence-electron chi connectivity index (χ2n) is 7.97. The van der Waals surface area contributed by atoms with E-state index < -0.39 is 0 Å². The lowest BCUT2D eigenvalue weighted by Crippen LogP contribution is -2.31. The highest BCUT2D eigenvalue weighted by Crippen LogP contribution is 2.31. The van der Waals surface area contributed by atoms with Gasteiger partial charge >= 0.3 is 6.01 Å². The van der Waals surface area contributed by atoms with Crippen molar-refractivity contribution in [2.24, 2.45) is 0 Å². The van der Waals surface area contributed by atoms with Crippen LogP contribution in [0, 0.1) is 0 Å². The van der Waals surface area contributed by atoms with Gasteiger partial charge in [-0.25, -0.2) is 24.9 Å². The summed E-state index contributed by atoms with van der Waals surface area (Å²) in [6.07, 6.45) is 11.4. The van der Waals surface area contributed by atoms with Gasteiger partial charge in [-0.05, 0) is 37.1 Å². The molecule has 0 radical (unpaired) electrons. The molecule has 0 aliphatic carbocycles. The number of methoxy groups -OCH3 is 1. The number of nitrogens with zero attached hydrogens (tertiary/aromatic N) is 6. The van der Waals surface area contributed by atoms with Crippen LogP contribution in [0.2, 0.25) is 0 Å². The Morgan fingerprint density at radius 2 is 1.97 bits per heavy atom. The quantitative estimate of drug-likeness (QED) is 0.454. The molecule has 0 saturated carbocycles. The first-order valence-corrected chi connectivity index (χ1v) is 10.7. The Kier molecular flexibility index (Phi) is 4.53. The molecule has 4 aromatic heterocycles. The van der Waals surface area contributed by atoms with Crippen molar-refractivity contribution in [3.63, 3.8) is 0 Å². The van der Waals surface area contributed by atoms with Gasteiger partial charge in [0.15, 0.2) is 5.65 Å². The maximum atomic E-state index is 5.05. The summed E-state index contributed by atoms with van der Waals surface area (Å²) in [7, 11) is 1.54. The predicted molar refractivity (Wildman–Crippen MR) is 121 cm³/mol. The Bertz CT molecular complexity index is 1400. The third kappa shape index (κ3) is 3.18. The first kappa shape index (κ1) is 18.9. The van der Waals surface area contributed by atoms with E-state index in [0.29, 0.717) is 17.7 Å². The minimum Gasteiger partial charge on any atom is -0.467 e. The molecule has 0 bridgehead atoms. The number of aromatic nitrogens is 7. The van der Waals surface area contributed by atoms with E-state index in [-0.39, 0.29) is 0 Å². The van der Waals surface area contributed by atoms with Gasteiger partial charge in [-0.3, -0.25) is 0 Å². The molecule has 5 heterocycles. The Labute approximate surface area is 183 Å². The minimum absolute atomic E-state index is 0.322. The van der Waals surface area contributed by atoms with Crippen LogP contribution >= 0.6 is 0 Å². The first-order chi connectivity index (χ1) is 15.8. The van der Waals surface area contributed by atoms with E-state index in [1.54, 1.807) is 25.7 Å². The van der Waals surface area contributed by atoms with Crippen molar-refractivity contribution >= 4 is 22.2 Å². The van der Waals surface area contributed by atoms with Crippen LogP contribution in [0.25, 0.3) is 44.6 Å². The third-order valence-electron chi connectivity index (χ3n) is 6.04. The van der Waals surface area contributed by atoms with Crippen LogP contribution in [-0.4, -0.2) is 54.7 Å². The summed E-state index contributed by atoms with van der Waals surface area (Å²) in [6.45, 7) is 2.06. The zero-order valence-corrected chi connectivity index (χ0v) is 17.6. The smallest absolute Gasteiger partial charge is 0.316 e. The Hall–Kier alpha value is -3.85. The Morgan fingerprint density at radius 3 is 2.78 bits per heavy atom. The third-order valence-corrected chi connectivity index (χ3v) is 6.04. The molecule has 6 rings (SSSR count). The number of ether oxygens (including phenoxy) is 1. The second-order valence-corrected chi connectivity index (χ2v) is 7.97. The molecule has 1 aliphatic rings. The number of nitrogens with one attached hydrogen (secondary N) is 2. The average molecular weight is 426 g/mol. The highest BCUT2D eigenvalue weighted by molar-refractivity contribution is 5.94. The van der Waals surface area contributed by atoms with Crippen LogP contribution in [0.1, 0.15) is 18.9 Å².